The standard InChI is InChI=1S/C13H9BrF4N4O2/c14-6-3-7(15)10(19-5-6)21-11(23)20-9-4-8(22-24-9)12(1-2-12)13(16,17)18/h3-5H,1-2H2,(H2,19,20,21,23). The molecule has 3 rings (SSSR count). The fourth-order valence-electron chi connectivity index (χ4n) is 2.13. The molecule has 11 heteroatoms. The van der Waals surface area contributed by atoms with Crippen LogP contribution in [0.3, 0.4) is 0 Å². The van der Waals surface area contributed by atoms with Gasteiger partial charge < -0.3 is 4.52 Å². The smallest absolute Gasteiger partial charge is 0.338 e. The molecule has 0 aliphatic heterocycles. The summed E-state index contributed by atoms with van der Waals surface area (Å²) < 4.78 is 57.6. The van der Waals surface area contributed by atoms with E-state index >= 15 is 0 Å². The second-order valence-electron chi connectivity index (χ2n) is 5.22. The molecular formula is C13H9BrF4N4O2. The number of carbonyl (C=O) groups is 1. The lowest BCUT2D eigenvalue weighted by atomic mass is 10.0. The lowest BCUT2D eigenvalue weighted by Gasteiger charge is -2.15. The molecule has 24 heavy (non-hydrogen) atoms. The topological polar surface area (TPSA) is 80.0 Å². The molecule has 0 saturated heterocycles. The Labute approximate surface area is 140 Å². The summed E-state index contributed by atoms with van der Waals surface area (Å²) in [6, 6.07) is 1.17. The lowest BCUT2D eigenvalue weighted by Crippen LogP contribution is -2.28. The van der Waals surface area contributed by atoms with Crippen LogP contribution in [0.2, 0.25) is 0 Å². The maximum Gasteiger partial charge on any atom is 0.400 e. The zero-order chi connectivity index (χ0) is 17.5. The van der Waals surface area contributed by atoms with Crippen LogP contribution < -0.4 is 10.6 Å². The highest BCUT2D eigenvalue weighted by molar-refractivity contribution is 9.10. The zero-order valence-corrected chi connectivity index (χ0v) is 13.3. The van der Waals surface area contributed by atoms with E-state index in [1.807, 2.05) is 0 Å². The summed E-state index contributed by atoms with van der Waals surface area (Å²) in [6.07, 6.45) is -3.33. The van der Waals surface area contributed by atoms with Crippen LogP contribution in [0, 0.1) is 5.82 Å². The molecule has 0 unspecified atom stereocenters. The first-order chi connectivity index (χ1) is 11.2. The van der Waals surface area contributed by atoms with Crippen molar-refractivity contribution in [3.8, 4) is 0 Å². The van der Waals surface area contributed by atoms with Crippen molar-refractivity contribution < 1.29 is 26.9 Å². The average Bonchev–Trinajstić information content (AvgIpc) is 3.18. The van der Waals surface area contributed by atoms with Crippen molar-refractivity contribution in [2.45, 2.75) is 24.4 Å². The normalized spacial score (nSPS) is 15.9. The molecule has 0 aromatic carbocycles. The molecule has 1 aliphatic carbocycles. The van der Waals surface area contributed by atoms with Gasteiger partial charge in [-0.2, -0.15) is 13.2 Å². The number of alkyl halides is 3. The first-order valence-electron chi connectivity index (χ1n) is 6.64. The first-order valence-corrected chi connectivity index (χ1v) is 7.43. The maximum absolute atomic E-state index is 13.6. The van der Waals surface area contributed by atoms with Gasteiger partial charge in [0, 0.05) is 16.7 Å². The van der Waals surface area contributed by atoms with E-state index in [4.69, 9.17) is 4.52 Å². The number of nitrogens with one attached hydrogen (secondary N) is 2. The van der Waals surface area contributed by atoms with Crippen LogP contribution in [0.1, 0.15) is 18.5 Å². The number of rotatable bonds is 3. The van der Waals surface area contributed by atoms with Crippen LogP contribution in [0.15, 0.2) is 27.3 Å². The van der Waals surface area contributed by atoms with Crippen LogP contribution >= 0.6 is 15.9 Å². The molecule has 2 aromatic heterocycles. The lowest BCUT2D eigenvalue weighted by molar-refractivity contribution is -0.161. The second-order valence-corrected chi connectivity index (χ2v) is 6.14. The molecule has 0 bridgehead atoms. The number of hydrogen-bond acceptors (Lipinski definition) is 4. The fourth-order valence-corrected chi connectivity index (χ4v) is 2.43. The minimum absolute atomic E-state index is 0.0807. The zero-order valence-electron chi connectivity index (χ0n) is 11.7. The molecule has 0 atom stereocenters. The summed E-state index contributed by atoms with van der Waals surface area (Å²) in [5.74, 6) is -1.41. The van der Waals surface area contributed by atoms with E-state index < -0.39 is 23.4 Å². The van der Waals surface area contributed by atoms with Crippen LogP contribution in [0.25, 0.3) is 0 Å². The van der Waals surface area contributed by atoms with E-state index in [0.717, 1.165) is 12.1 Å². The molecular weight excluding hydrogens is 400 g/mol. The molecule has 128 valence electrons. The molecule has 0 radical (unpaired) electrons. The number of urea groups is 1. The Morgan fingerprint density at radius 3 is 2.58 bits per heavy atom. The van der Waals surface area contributed by atoms with Crippen molar-refractivity contribution in [1.82, 2.24) is 10.1 Å². The predicted molar refractivity (Wildman–Crippen MR) is 78.0 cm³/mol. The summed E-state index contributed by atoms with van der Waals surface area (Å²) in [4.78, 5) is 15.4. The highest BCUT2D eigenvalue weighted by Crippen LogP contribution is 2.58. The Hall–Kier alpha value is -2.17. The van der Waals surface area contributed by atoms with Gasteiger partial charge >= 0.3 is 12.2 Å². The minimum Gasteiger partial charge on any atom is -0.338 e. The Balaban J connectivity index is 1.68. The number of pyridine rings is 1. The largest absolute Gasteiger partial charge is 0.400 e. The maximum atomic E-state index is 13.6. The van der Waals surface area contributed by atoms with Gasteiger partial charge in [-0.1, -0.05) is 5.16 Å². The Bertz CT molecular complexity index is 789. The third-order valence-electron chi connectivity index (χ3n) is 3.57. The summed E-state index contributed by atoms with van der Waals surface area (Å²) in [6.45, 7) is 0. The number of aromatic nitrogens is 2. The van der Waals surface area contributed by atoms with Crippen molar-refractivity contribution in [2.24, 2.45) is 0 Å². The van der Waals surface area contributed by atoms with Crippen molar-refractivity contribution in [3.63, 3.8) is 0 Å². The van der Waals surface area contributed by atoms with Crippen molar-refractivity contribution in [3.05, 3.63) is 34.3 Å². The quantitative estimate of drug-likeness (QED) is 0.745. The SMILES string of the molecule is O=C(Nc1cc(C2(C(F)(F)F)CC2)no1)Nc1ncc(Br)cc1F. The molecule has 1 fully saturated rings. The number of amides is 2. The van der Waals surface area contributed by atoms with E-state index in [1.54, 1.807) is 0 Å². The molecule has 2 heterocycles. The molecule has 1 aliphatic rings. The van der Waals surface area contributed by atoms with Crippen molar-refractivity contribution >= 4 is 33.7 Å². The molecule has 0 spiro atoms. The van der Waals surface area contributed by atoms with Gasteiger partial charge in [0.1, 0.15) is 11.1 Å². The van der Waals surface area contributed by atoms with Gasteiger partial charge in [-0.3, -0.25) is 10.6 Å². The summed E-state index contributed by atoms with van der Waals surface area (Å²) in [5, 5.41) is 7.62. The first kappa shape index (κ1) is 16.7. The summed E-state index contributed by atoms with van der Waals surface area (Å²) in [7, 11) is 0. The van der Waals surface area contributed by atoms with Gasteiger partial charge in [-0.05, 0) is 34.8 Å². The molecule has 6 nitrogen and oxygen atoms in total. The fraction of sp³-hybridized carbons (Fsp3) is 0.308. The Morgan fingerprint density at radius 1 is 1.29 bits per heavy atom. The number of nitrogens with zero attached hydrogens (tertiary/aromatic N) is 2. The third kappa shape index (κ3) is 3.07. The van der Waals surface area contributed by atoms with Gasteiger partial charge in [0.15, 0.2) is 11.6 Å². The highest BCUT2D eigenvalue weighted by atomic mass is 79.9. The van der Waals surface area contributed by atoms with Crippen LogP contribution in [-0.4, -0.2) is 22.3 Å². The third-order valence-corrected chi connectivity index (χ3v) is 4.00. The molecule has 1 saturated carbocycles. The van der Waals surface area contributed by atoms with E-state index in [-0.39, 0.29) is 30.2 Å². The second kappa shape index (κ2) is 5.72. The summed E-state index contributed by atoms with van der Waals surface area (Å²) >= 11 is 3.01. The van der Waals surface area contributed by atoms with E-state index in [2.05, 4.69) is 36.7 Å². The highest BCUT2D eigenvalue weighted by Gasteiger charge is 2.66. The van der Waals surface area contributed by atoms with Gasteiger partial charge in [0.05, 0.1) is 0 Å². The predicted octanol–water partition coefficient (Wildman–Crippen LogP) is 4.21. The molecule has 2 amide bonds. The van der Waals surface area contributed by atoms with E-state index in [0.29, 0.717) is 4.47 Å². The molecule has 2 aromatic rings. The van der Waals surface area contributed by atoms with Gasteiger partial charge in [-0.15, -0.1) is 0 Å². The average molecular weight is 409 g/mol. The number of halogens is 5. The summed E-state index contributed by atoms with van der Waals surface area (Å²) in [5.41, 5.74) is -2.30. The Kier molecular flexibility index (Phi) is 3.98. The molecule has 2 N–H and O–H groups in total. The Morgan fingerprint density at radius 2 is 2.00 bits per heavy atom. The number of anilines is 2. The van der Waals surface area contributed by atoms with Crippen molar-refractivity contribution in [1.29, 1.82) is 0 Å². The minimum atomic E-state index is -4.44. The van der Waals surface area contributed by atoms with Crippen LogP contribution in [0.4, 0.5) is 34.1 Å². The monoisotopic (exact) mass is 408 g/mol. The number of hydrogen-bond donors (Lipinski definition) is 2. The van der Waals surface area contributed by atoms with Crippen LogP contribution in [0.5, 0.6) is 0 Å². The van der Waals surface area contributed by atoms with Gasteiger partial charge in [0.2, 0.25) is 5.88 Å². The number of carbonyl (C=O) groups excluding carboxylic acids is 1. The van der Waals surface area contributed by atoms with Crippen molar-refractivity contribution in [2.75, 3.05) is 10.6 Å². The van der Waals surface area contributed by atoms with E-state index in [9.17, 15) is 22.4 Å². The van der Waals surface area contributed by atoms with Crippen LogP contribution in [-0.2, 0) is 5.41 Å². The van der Waals surface area contributed by atoms with E-state index in [1.165, 1.54) is 6.20 Å². The van der Waals surface area contributed by atoms with Gasteiger partial charge in [-0.25, -0.2) is 14.2 Å². The van der Waals surface area contributed by atoms with Gasteiger partial charge in [0.25, 0.3) is 0 Å².